The fraction of sp³-hybridized carbons (Fsp3) is 0.576. The van der Waals surface area contributed by atoms with Gasteiger partial charge in [0.05, 0.1) is 18.6 Å². The van der Waals surface area contributed by atoms with Crippen molar-refractivity contribution in [3.63, 3.8) is 0 Å². The number of amides is 2. The first-order chi connectivity index (χ1) is 20.9. The number of carbonyl (C=O) groups excluding carboxylic acids is 2. The summed E-state index contributed by atoms with van der Waals surface area (Å²) in [5.41, 5.74) is 0.792. The van der Waals surface area contributed by atoms with Gasteiger partial charge in [0.2, 0.25) is 16.0 Å². The molecular weight excluding hydrogens is 601 g/mol. The number of sulfonamides is 1. The molecule has 2 amide bonds. The second kappa shape index (κ2) is 13.2. The summed E-state index contributed by atoms with van der Waals surface area (Å²) >= 11 is 0. The lowest BCUT2D eigenvalue weighted by Gasteiger charge is -2.31. The van der Waals surface area contributed by atoms with Gasteiger partial charge < -0.3 is 24.0 Å². The van der Waals surface area contributed by atoms with Crippen LogP contribution in [0.1, 0.15) is 59.9 Å². The maximum Gasteiger partial charge on any atom is 0.410 e. The number of hydrogen-bond acceptors (Lipinski definition) is 7. The number of nitrogens with one attached hydrogen (secondary N) is 1. The molecule has 1 aliphatic carbocycles. The number of rotatable bonds is 10. The molecule has 0 aromatic heterocycles. The molecule has 1 saturated carbocycles. The van der Waals surface area contributed by atoms with Crippen LogP contribution in [0.25, 0.3) is 11.1 Å². The summed E-state index contributed by atoms with van der Waals surface area (Å²) in [5.74, 6) is 0.633. The maximum atomic E-state index is 13.5. The Balaban J connectivity index is 1.55. The fourth-order valence-corrected chi connectivity index (χ4v) is 6.47. The van der Waals surface area contributed by atoms with Crippen LogP contribution in [0.2, 0.25) is 0 Å². The molecule has 0 bridgehead atoms. The van der Waals surface area contributed by atoms with E-state index in [1.807, 2.05) is 69.3 Å². The van der Waals surface area contributed by atoms with Gasteiger partial charge >= 0.3 is 12.2 Å². The van der Waals surface area contributed by atoms with E-state index in [-0.39, 0.29) is 6.61 Å². The summed E-state index contributed by atoms with van der Waals surface area (Å²) in [6.07, 6.45) is 0.844. The van der Waals surface area contributed by atoms with Crippen molar-refractivity contribution < 1.29 is 36.6 Å². The number of halogens is 1. The van der Waals surface area contributed by atoms with Gasteiger partial charge in [0, 0.05) is 24.6 Å². The number of likely N-dealkylation sites (tertiary alicyclic amines) is 1. The number of likely N-dealkylation sites (N-methyl/N-ethyl adjacent to an activating group) is 1. The lowest BCUT2D eigenvalue weighted by atomic mass is 9.91. The van der Waals surface area contributed by atoms with Gasteiger partial charge in [0.25, 0.3) is 0 Å². The highest BCUT2D eigenvalue weighted by Crippen LogP contribution is 2.55. The van der Waals surface area contributed by atoms with E-state index in [1.54, 1.807) is 32.7 Å². The van der Waals surface area contributed by atoms with Gasteiger partial charge in [-0.3, -0.25) is 0 Å². The molecule has 2 fully saturated rings. The quantitative estimate of drug-likeness (QED) is 0.349. The van der Waals surface area contributed by atoms with Gasteiger partial charge in [0.15, 0.2) is 0 Å². The Bertz CT molecular complexity index is 1480. The molecule has 2 atom stereocenters. The first kappa shape index (κ1) is 34.5. The van der Waals surface area contributed by atoms with Crippen molar-refractivity contribution in [2.24, 2.45) is 5.41 Å². The molecule has 248 valence electrons. The largest absolute Gasteiger partial charge is 0.491 e. The minimum Gasteiger partial charge on any atom is -0.491 e. The van der Waals surface area contributed by atoms with Crippen LogP contribution >= 0.6 is 0 Å². The maximum absolute atomic E-state index is 13.5. The van der Waals surface area contributed by atoms with E-state index in [0.717, 1.165) is 29.5 Å². The molecule has 0 radical (unpaired) electrons. The molecule has 10 nitrogen and oxygen atoms in total. The standard InChI is InChI=1S/C33H46FN3O7S/c1-31(2,3)43-29(38)36(7)17-18-42-27-14-9-8-13-25(27)24-12-10-11-23(19-24)20-26-28(35-45(40,41)22-34)33(15-16-33)21-37(26)30(39)44-32(4,5)6/h8-14,19,26,28,35H,15-18,20-22H2,1-7H3/t26-,28+/m0/s1. The normalized spacial score (nSPS) is 19.3. The van der Waals surface area contributed by atoms with Crippen LogP contribution in [0.4, 0.5) is 14.0 Å². The van der Waals surface area contributed by atoms with E-state index in [2.05, 4.69) is 4.72 Å². The zero-order valence-corrected chi connectivity index (χ0v) is 28.1. The van der Waals surface area contributed by atoms with Gasteiger partial charge in [-0.1, -0.05) is 42.5 Å². The average Bonchev–Trinajstić information content (AvgIpc) is 3.67. The highest BCUT2D eigenvalue weighted by molar-refractivity contribution is 7.89. The van der Waals surface area contributed by atoms with Crippen LogP contribution in [0.15, 0.2) is 48.5 Å². The van der Waals surface area contributed by atoms with Gasteiger partial charge in [-0.05, 0) is 78.0 Å². The molecule has 45 heavy (non-hydrogen) atoms. The third kappa shape index (κ3) is 9.09. The van der Waals surface area contributed by atoms with E-state index in [4.69, 9.17) is 14.2 Å². The molecular formula is C33H46FN3O7S. The lowest BCUT2D eigenvalue weighted by molar-refractivity contribution is 0.0212. The van der Waals surface area contributed by atoms with Crippen LogP contribution in [0, 0.1) is 5.41 Å². The third-order valence-corrected chi connectivity index (χ3v) is 8.76. The second-order valence-corrected chi connectivity index (χ2v) is 15.7. The number of ether oxygens (including phenoxy) is 3. The van der Waals surface area contributed by atoms with Crippen LogP contribution in [0.3, 0.4) is 0 Å². The van der Waals surface area contributed by atoms with E-state index in [9.17, 15) is 22.4 Å². The number of carbonyl (C=O) groups is 2. The summed E-state index contributed by atoms with van der Waals surface area (Å²) < 4.78 is 58.1. The fourth-order valence-electron chi connectivity index (χ4n) is 5.61. The first-order valence-electron chi connectivity index (χ1n) is 15.2. The summed E-state index contributed by atoms with van der Waals surface area (Å²) in [4.78, 5) is 28.7. The van der Waals surface area contributed by atoms with Crippen LogP contribution in [-0.4, -0.2) is 86.4 Å². The molecule has 1 heterocycles. The topological polar surface area (TPSA) is 114 Å². The zero-order valence-electron chi connectivity index (χ0n) is 27.3. The summed E-state index contributed by atoms with van der Waals surface area (Å²) in [6, 6.07) is 12.6. The Labute approximate surface area is 266 Å². The summed E-state index contributed by atoms with van der Waals surface area (Å²) in [5, 5.41) is 0. The predicted molar refractivity (Wildman–Crippen MR) is 170 cm³/mol. The molecule has 12 heteroatoms. The molecule has 0 unspecified atom stereocenters. The molecule has 1 saturated heterocycles. The Morgan fingerprint density at radius 1 is 1.02 bits per heavy atom. The van der Waals surface area contributed by atoms with Crippen LogP contribution in [0.5, 0.6) is 5.75 Å². The van der Waals surface area contributed by atoms with Crippen molar-refractivity contribution in [1.29, 1.82) is 0 Å². The molecule has 1 spiro atoms. The van der Waals surface area contributed by atoms with Crippen molar-refractivity contribution in [3.05, 3.63) is 54.1 Å². The van der Waals surface area contributed by atoms with E-state index < -0.39 is 56.9 Å². The zero-order chi connectivity index (χ0) is 33.2. The summed E-state index contributed by atoms with van der Waals surface area (Å²) in [7, 11) is -2.52. The van der Waals surface area contributed by atoms with E-state index in [0.29, 0.717) is 25.3 Å². The van der Waals surface area contributed by atoms with Crippen LogP contribution in [-0.2, 0) is 25.9 Å². The van der Waals surface area contributed by atoms with Crippen molar-refractivity contribution in [3.8, 4) is 16.9 Å². The SMILES string of the molecule is CN(CCOc1ccccc1-c1cccc(C[C@H]2[C@@H](NS(=O)(=O)CF)C3(CC3)CN2C(=O)OC(C)(C)C)c1)C(=O)OC(C)(C)C. The van der Waals surface area contributed by atoms with Gasteiger partial charge in [-0.25, -0.2) is 27.1 Å². The highest BCUT2D eigenvalue weighted by atomic mass is 32.2. The summed E-state index contributed by atoms with van der Waals surface area (Å²) in [6.45, 7) is 11.7. The van der Waals surface area contributed by atoms with Crippen LogP contribution < -0.4 is 9.46 Å². The minimum absolute atomic E-state index is 0.248. The van der Waals surface area contributed by atoms with E-state index >= 15 is 0 Å². The van der Waals surface area contributed by atoms with E-state index in [1.165, 1.54) is 4.90 Å². The van der Waals surface area contributed by atoms with Gasteiger partial charge in [0.1, 0.15) is 23.6 Å². The molecule has 4 rings (SSSR count). The smallest absolute Gasteiger partial charge is 0.410 e. The Morgan fingerprint density at radius 3 is 2.31 bits per heavy atom. The van der Waals surface area contributed by atoms with Crippen molar-refractivity contribution in [2.45, 2.75) is 84.1 Å². The highest BCUT2D eigenvalue weighted by Gasteiger charge is 2.61. The van der Waals surface area contributed by atoms with Gasteiger partial charge in [-0.2, -0.15) is 0 Å². The number of alkyl halides is 1. The third-order valence-electron chi connectivity index (χ3n) is 7.86. The first-order valence-corrected chi connectivity index (χ1v) is 16.9. The minimum atomic E-state index is -4.17. The number of para-hydroxylation sites is 1. The predicted octanol–water partition coefficient (Wildman–Crippen LogP) is 5.76. The monoisotopic (exact) mass is 647 g/mol. The second-order valence-electron chi connectivity index (χ2n) is 14.0. The van der Waals surface area contributed by atoms with Gasteiger partial charge in [-0.15, -0.1) is 0 Å². The number of nitrogens with zero attached hydrogens (tertiary/aromatic N) is 2. The van der Waals surface area contributed by atoms with Crippen molar-refractivity contribution in [2.75, 3.05) is 32.8 Å². The average molecular weight is 648 g/mol. The Morgan fingerprint density at radius 2 is 1.69 bits per heavy atom. The van der Waals surface area contributed by atoms with Crippen molar-refractivity contribution >= 4 is 22.2 Å². The molecule has 1 N–H and O–H groups in total. The number of benzene rings is 2. The molecule has 2 aromatic carbocycles. The molecule has 1 aliphatic heterocycles. The number of hydrogen-bond donors (Lipinski definition) is 1. The lowest BCUT2D eigenvalue weighted by Crippen LogP contribution is -2.50. The van der Waals surface area contributed by atoms with Crippen molar-refractivity contribution in [1.82, 2.24) is 14.5 Å². The Kier molecular flexibility index (Phi) is 10.1. The molecule has 2 aliphatic rings. The Hall–Kier alpha value is -3.38. The molecule has 2 aromatic rings.